The Morgan fingerprint density at radius 2 is 1.86 bits per heavy atom. The predicted molar refractivity (Wildman–Crippen MR) is 81.1 cm³/mol. The van der Waals surface area contributed by atoms with Crippen molar-refractivity contribution in [3.05, 3.63) is 0 Å². The molecule has 0 unspecified atom stereocenters. The van der Waals surface area contributed by atoms with E-state index >= 15 is 0 Å². The van der Waals surface area contributed by atoms with Crippen molar-refractivity contribution in [1.82, 2.24) is 4.90 Å². The minimum atomic E-state index is -0.794. The Bertz CT molecular complexity index is 348. The number of methoxy groups -OCH3 is 1. The summed E-state index contributed by atoms with van der Waals surface area (Å²) in [7, 11) is 1.63. The summed E-state index contributed by atoms with van der Waals surface area (Å²) < 4.78 is 5.08. The largest absolute Gasteiger partial charge is 0.481 e. The quantitative estimate of drug-likeness (QED) is 0.710. The predicted octanol–water partition coefficient (Wildman–Crippen LogP) is 2.54. The molecular formula is C16H29NO4. The van der Waals surface area contributed by atoms with Gasteiger partial charge < -0.3 is 14.7 Å². The molecule has 1 aliphatic carbocycles. The van der Waals surface area contributed by atoms with Crippen LogP contribution in [-0.2, 0) is 14.3 Å². The van der Waals surface area contributed by atoms with Crippen LogP contribution in [0.25, 0.3) is 0 Å². The van der Waals surface area contributed by atoms with Gasteiger partial charge in [0.15, 0.2) is 0 Å². The number of hydrogen-bond acceptors (Lipinski definition) is 3. The van der Waals surface area contributed by atoms with E-state index < -0.39 is 5.97 Å². The van der Waals surface area contributed by atoms with Gasteiger partial charge in [-0.05, 0) is 24.2 Å². The zero-order valence-corrected chi connectivity index (χ0v) is 13.6. The molecule has 0 aromatic carbocycles. The van der Waals surface area contributed by atoms with E-state index in [1.54, 1.807) is 7.11 Å². The molecule has 1 saturated carbocycles. The van der Waals surface area contributed by atoms with Gasteiger partial charge >= 0.3 is 5.97 Å². The number of amides is 1. The number of carboxylic acid groups (broad SMARTS) is 1. The van der Waals surface area contributed by atoms with E-state index in [1.165, 1.54) is 0 Å². The van der Waals surface area contributed by atoms with Crippen molar-refractivity contribution in [1.29, 1.82) is 0 Å². The number of hydrogen-bond donors (Lipinski definition) is 1. The van der Waals surface area contributed by atoms with E-state index in [-0.39, 0.29) is 17.7 Å². The molecule has 0 bridgehead atoms. The van der Waals surface area contributed by atoms with Gasteiger partial charge in [0.2, 0.25) is 5.91 Å². The van der Waals surface area contributed by atoms with Gasteiger partial charge in [-0.1, -0.05) is 26.7 Å². The highest BCUT2D eigenvalue weighted by atomic mass is 16.5. The van der Waals surface area contributed by atoms with Crippen molar-refractivity contribution < 1.29 is 19.4 Å². The minimum Gasteiger partial charge on any atom is -0.481 e. The Hall–Kier alpha value is -1.10. The van der Waals surface area contributed by atoms with E-state index in [2.05, 4.69) is 13.8 Å². The first-order chi connectivity index (χ1) is 9.88. The molecule has 0 atom stereocenters. The van der Waals surface area contributed by atoms with E-state index in [0.717, 1.165) is 25.7 Å². The molecule has 1 amide bonds. The maximum absolute atomic E-state index is 12.6. The van der Waals surface area contributed by atoms with E-state index in [9.17, 15) is 9.59 Å². The van der Waals surface area contributed by atoms with Crippen LogP contribution in [0.2, 0.25) is 0 Å². The van der Waals surface area contributed by atoms with Gasteiger partial charge in [0.25, 0.3) is 0 Å². The number of carboxylic acids is 1. The molecule has 5 heteroatoms. The molecule has 0 aromatic heterocycles. The summed E-state index contributed by atoms with van der Waals surface area (Å²) in [6.45, 7) is 5.96. The van der Waals surface area contributed by atoms with Gasteiger partial charge in [-0.2, -0.15) is 0 Å². The summed E-state index contributed by atoms with van der Waals surface area (Å²) >= 11 is 0. The van der Waals surface area contributed by atoms with Crippen LogP contribution in [-0.4, -0.2) is 48.7 Å². The standard InChI is InChI=1S/C16H29NO4/c1-13(2)12-17(8-9-21-3)14(18)10-16(11-15(19)20)6-4-5-7-16/h13H,4-12H2,1-3H3,(H,19,20). The topological polar surface area (TPSA) is 66.8 Å². The Labute approximate surface area is 127 Å². The molecule has 0 heterocycles. The Morgan fingerprint density at radius 3 is 2.33 bits per heavy atom. The van der Waals surface area contributed by atoms with Crippen LogP contribution in [0.15, 0.2) is 0 Å². The zero-order valence-electron chi connectivity index (χ0n) is 13.6. The second-order valence-corrected chi connectivity index (χ2v) is 6.68. The Morgan fingerprint density at radius 1 is 1.24 bits per heavy atom. The third-order valence-corrected chi connectivity index (χ3v) is 4.22. The fraction of sp³-hybridized carbons (Fsp3) is 0.875. The molecule has 1 N–H and O–H groups in total. The number of carbonyl (C=O) groups is 2. The van der Waals surface area contributed by atoms with Crippen molar-refractivity contribution >= 4 is 11.9 Å². The first-order valence-corrected chi connectivity index (χ1v) is 7.87. The second kappa shape index (κ2) is 8.37. The molecule has 1 rings (SSSR count). The Balaban J connectivity index is 2.70. The van der Waals surface area contributed by atoms with Crippen LogP contribution in [0.1, 0.15) is 52.4 Å². The first kappa shape index (κ1) is 18.0. The Kier molecular flexibility index (Phi) is 7.15. The lowest BCUT2D eigenvalue weighted by Crippen LogP contribution is -2.40. The van der Waals surface area contributed by atoms with Gasteiger partial charge in [0.05, 0.1) is 13.0 Å². The first-order valence-electron chi connectivity index (χ1n) is 7.87. The van der Waals surface area contributed by atoms with Crippen LogP contribution in [0, 0.1) is 11.3 Å². The molecular weight excluding hydrogens is 270 g/mol. The average molecular weight is 299 g/mol. The summed E-state index contributed by atoms with van der Waals surface area (Å²) in [6, 6.07) is 0. The van der Waals surface area contributed by atoms with Crippen molar-refractivity contribution in [2.75, 3.05) is 26.8 Å². The lowest BCUT2D eigenvalue weighted by atomic mass is 9.79. The number of carbonyl (C=O) groups excluding carboxylic acids is 1. The van der Waals surface area contributed by atoms with Crippen LogP contribution < -0.4 is 0 Å². The molecule has 122 valence electrons. The molecule has 0 spiro atoms. The van der Waals surface area contributed by atoms with Crippen LogP contribution >= 0.6 is 0 Å². The molecule has 5 nitrogen and oxygen atoms in total. The van der Waals surface area contributed by atoms with Crippen molar-refractivity contribution in [3.8, 4) is 0 Å². The van der Waals surface area contributed by atoms with Crippen molar-refractivity contribution in [2.45, 2.75) is 52.4 Å². The van der Waals surface area contributed by atoms with Crippen LogP contribution in [0.5, 0.6) is 0 Å². The third kappa shape index (κ3) is 6.04. The molecule has 0 aromatic rings. The molecule has 1 fully saturated rings. The fourth-order valence-electron chi connectivity index (χ4n) is 3.25. The van der Waals surface area contributed by atoms with E-state index in [1.807, 2.05) is 4.90 Å². The van der Waals surface area contributed by atoms with E-state index in [4.69, 9.17) is 9.84 Å². The summed E-state index contributed by atoms with van der Waals surface area (Å²) in [5.41, 5.74) is -0.328. The number of nitrogens with zero attached hydrogens (tertiary/aromatic N) is 1. The highest BCUT2D eigenvalue weighted by Gasteiger charge is 2.39. The SMILES string of the molecule is COCCN(CC(C)C)C(=O)CC1(CC(=O)O)CCCC1. The van der Waals surface area contributed by atoms with E-state index in [0.29, 0.717) is 32.0 Å². The average Bonchev–Trinajstić information content (AvgIpc) is 2.81. The molecule has 1 aliphatic rings. The lowest BCUT2D eigenvalue weighted by molar-refractivity contribution is -0.141. The van der Waals surface area contributed by atoms with Crippen LogP contribution in [0.4, 0.5) is 0 Å². The highest BCUT2D eigenvalue weighted by molar-refractivity contribution is 5.78. The van der Waals surface area contributed by atoms with Gasteiger partial charge in [0, 0.05) is 26.6 Å². The second-order valence-electron chi connectivity index (χ2n) is 6.68. The number of rotatable bonds is 9. The zero-order chi connectivity index (χ0) is 15.9. The van der Waals surface area contributed by atoms with Gasteiger partial charge in [-0.3, -0.25) is 9.59 Å². The maximum atomic E-state index is 12.6. The fourth-order valence-corrected chi connectivity index (χ4v) is 3.25. The molecule has 0 aliphatic heterocycles. The number of aliphatic carboxylic acids is 1. The van der Waals surface area contributed by atoms with Gasteiger partial charge in [0.1, 0.15) is 0 Å². The number of ether oxygens (including phenoxy) is 1. The van der Waals surface area contributed by atoms with Crippen molar-refractivity contribution in [2.24, 2.45) is 11.3 Å². The smallest absolute Gasteiger partial charge is 0.303 e. The van der Waals surface area contributed by atoms with Crippen LogP contribution in [0.3, 0.4) is 0 Å². The monoisotopic (exact) mass is 299 g/mol. The highest BCUT2D eigenvalue weighted by Crippen LogP contribution is 2.44. The normalized spacial score (nSPS) is 17.1. The summed E-state index contributed by atoms with van der Waals surface area (Å²) in [5.74, 6) is -0.328. The summed E-state index contributed by atoms with van der Waals surface area (Å²) in [5, 5.41) is 9.13. The molecule has 0 saturated heterocycles. The summed E-state index contributed by atoms with van der Waals surface area (Å²) in [4.78, 5) is 25.6. The lowest BCUT2D eigenvalue weighted by Gasteiger charge is -2.31. The van der Waals surface area contributed by atoms with Gasteiger partial charge in [-0.25, -0.2) is 0 Å². The van der Waals surface area contributed by atoms with Crippen molar-refractivity contribution in [3.63, 3.8) is 0 Å². The van der Waals surface area contributed by atoms with Gasteiger partial charge in [-0.15, -0.1) is 0 Å². The third-order valence-electron chi connectivity index (χ3n) is 4.22. The summed E-state index contributed by atoms with van der Waals surface area (Å²) in [6.07, 6.45) is 4.23. The minimum absolute atomic E-state index is 0.0731. The maximum Gasteiger partial charge on any atom is 0.303 e. The molecule has 21 heavy (non-hydrogen) atoms. The molecule has 0 radical (unpaired) electrons.